The molecule has 1 aliphatic rings. The van der Waals surface area contributed by atoms with Crippen LogP contribution in [0.1, 0.15) is 88.1 Å². The number of halogens is 1. The van der Waals surface area contributed by atoms with E-state index in [-0.39, 0.29) is 36.1 Å². The Bertz CT molecular complexity index is 1230. The minimum atomic E-state index is -0.681. The number of unbranched alkanes of at least 4 members (excludes halogenated alkanes) is 1. The number of rotatable bonds is 14. The molecule has 0 unspecified atom stereocenters. The molecule has 3 aromatic rings. The van der Waals surface area contributed by atoms with Crippen LogP contribution < -0.4 is 0 Å². The average Bonchev–Trinajstić information content (AvgIpc) is 3.33. The van der Waals surface area contributed by atoms with Crippen LogP contribution in [0.2, 0.25) is 0 Å². The largest absolute Gasteiger partial charge is 0.457 e. The Kier molecular flexibility index (Phi) is 10.4. The van der Waals surface area contributed by atoms with Crippen LogP contribution in [0.15, 0.2) is 42.5 Å². The van der Waals surface area contributed by atoms with Crippen molar-refractivity contribution in [3.05, 3.63) is 65.2 Å². The maximum atomic E-state index is 14.5. The van der Waals surface area contributed by atoms with Crippen molar-refractivity contribution in [2.24, 2.45) is 5.92 Å². The smallest absolute Gasteiger partial charge is 0.332 e. The Labute approximate surface area is 238 Å². The van der Waals surface area contributed by atoms with Gasteiger partial charge in [0.05, 0.1) is 11.0 Å². The Morgan fingerprint density at radius 3 is 2.70 bits per heavy atom. The van der Waals surface area contributed by atoms with Crippen molar-refractivity contribution in [3.8, 4) is 0 Å². The van der Waals surface area contributed by atoms with E-state index in [2.05, 4.69) is 43.8 Å². The number of nitrogens with zero attached hydrogens (tertiary/aromatic N) is 2. The van der Waals surface area contributed by atoms with Gasteiger partial charge in [0.25, 0.3) is 0 Å². The molecule has 0 radical (unpaired) electrons. The summed E-state index contributed by atoms with van der Waals surface area (Å²) in [7, 11) is 3.65. The monoisotopic (exact) mass is 551 g/mol. The van der Waals surface area contributed by atoms with Crippen molar-refractivity contribution in [1.29, 1.82) is 0 Å². The van der Waals surface area contributed by atoms with Crippen LogP contribution in [0, 0.1) is 11.7 Å². The van der Waals surface area contributed by atoms with Crippen molar-refractivity contribution in [2.45, 2.75) is 83.2 Å². The summed E-state index contributed by atoms with van der Waals surface area (Å²) < 4.78 is 26.1. The summed E-state index contributed by atoms with van der Waals surface area (Å²) in [5, 5.41) is 0. The van der Waals surface area contributed by atoms with Crippen molar-refractivity contribution in [3.63, 3.8) is 0 Å². The molecular formula is C33H46FN3O3. The molecule has 0 spiro atoms. The number of aryl methyl sites for hydroxylation is 1. The van der Waals surface area contributed by atoms with E-state index in [9.17, 15) is 9.18 Å². The molecule has 0 saturated heterocycles. The number of aromatic amines is 1. The van der Waals surface area contributed by atoms with Crippen LogP contribution in [0.5, 0.6) is 0 Å². The summed E-state index contributed by atoms with van der Waals surface area (Å²) in [5.74, 6) is 0.816. The van der Waals surface area contributed by atoms with Gasteiger partial charge in [-0.2, -0.15) is 0 Å². The van der Waals surface area contributed by atoms with E-state index in [1.807, 2.05) is 24.3 Å². The summed E-state index contributed by atoms with van der Waals surface area (Å²) in [6.45, 7) is 8.17. The van der Waals surface area contributed by atoms with Crippen molar-refractivity contribution in [2.75, 3.05) is 33.9 Å². The maximum Gasteiger partial charge on any atom is 0.332 e. The fraction of sp³-hybridized carbons (Fsp3) is 0.576. The van der Waals surface area contributed by atoms with Crippen LogP contribution in [0.3, 0.4) is 0 Å². The molecule has 1 heterocycles. The molecule has 1 aliphatic carbocycles. The second-order valence-electron chi connectivity index (χ2n) is 11.9. The molecule has 3 atom stereocenters. The van der Waals surface area contributed by atoms with Gasteiger partial charge in [0.15, 0.2) is 0 Å². The Balaban J connectivity index is 1.53. The number of carbonyl (C=O) groups excluding carboxylic acids is 1. The fourth-order valence-electron chi connectivity index (χ4n) is 6.71. The highest BCUT2D eigenvalue weighted by Crippen LogP contribution is 2.53. The summed E-state index contributed by atoms with van der Waals surface area (Å²) in [6.07, 6.45) is 6.34. The van der Waals surface area contributed by atoms with Crippen molar-refractivity contribution >= 4 is 17.0 Å². The van der Waals surface area contributed by atoms with Crippen molar-refractivity contribution in [1.82, 2.24) is 14.9 Å². The topological polar surface area (TPSA) is 67.5 Å². The van der Waals surface area contributed by atoms with E-state index < -0.39 is 5.60 Å². The van der Waals surface area contributed by atoms with Gasteiger partial charge in [-0.05, 0) is 80.1 Å². The molecule has 7 heteroatoms. The zero-order valence-corrected chi connectivity index (χ0v) is 24.8. The third-order valence-corrected chi connectivity index (χ3v) is 8.44. The third-order valence-electron chi connectivity index (χ3n) is 8.44. The molecule has 0 amide bonds. The fourth-order valence-corrected chi connectivity index (χ4v) is 6.71. The van der Waals surface area contributed by atoms with E-state index in [1.165, 1.54) is 7.11 Å². The lowest BCUT2D eigenvalue weighted by Crippen LogP contribution is -2.50. The van der Waals surface area contributed by atoms with Gasteiger partial charge in [0, 0.05) is 32.4 Å². The number of aromatic nitrogens is 2. The number of nitrogens with one attached hydrogen (secondary N) is 1. The van der Waals surface area contributed by atoms with E-state index in [1.54, 1.807) is 12.1 Å². The lowest BCUT2D eigenvalue weighted by atomic mass is 9.61. The number of imidazole rings is 1. The van der Waals surface area contributed by atoms with Gasteiger partial charge in [-0.15, -0.1) is 0 Å². The first-order chi connectivity index (χ1) is 19.3. The molecule has 40 heavy (non-hydrogen) atoms. The third kappa shape index (κ3) is 7.10. The summed E-state index contributed by atoms with van der Waals surface area (Å²) in [6, 6.07) is 13.3. The summed E-state index contributed by atoms with van der Waals surface area (Å²) in [4.78, 5) is 23.4. The van der Waals surface area contributed by atoms with Gasteiger partial charge >= 0.3 is 5.97 Å². The molecule has 0 fully saturated rings. The van der Waals surface area contributed by atoms with Crippen LogP contribution in [0.4, 0.5) is 4.39 Å². The first-order valence-corrected chi connectivity index (χ1v) is 14.9. The van der Waals surface area contributed by atoms with E-state index >= 15 is 0 Å². The molecule has 4 rings (SSSR count). The Hall–Kier alpha value is -2.77. The molecule has 6 nitrogen and oxygen atoms in total. The van der Waals surface area contributed by atoms with Gasteiger partial charge in [-0.1, -0.05) is 51.8 Å². The second kappa shape index (κ2) is 13.7. The number of ether oxygens (including phenoxy) is 2. The van der Waals surface area contributed by atoms with Gasteiger partial charge in [0.2, 0.25) is 0 Å². The summed E-state index contributed by atoms with van der Waals surface area (Å²) in [5.41, 5.74) is 3.60. The second-order valence-corrected chi connectivity index (χ2v) is 11.9. The normalized spacial score (nSPS) is 20.8. The van der Waals surface area contributed by atoms with Crippen molar-refractivity contribution < 1.29 is 18.7 Å². The highest BCUT2D eigenvalue weighted by atomic mass is 19.1. The molecule has 0 aliphatic heterocycles. The molecule has 0 saturated carbocycles. The average molecular weight is 552 g/mol. The van der Waals surface area contributed by atoms with E-state index in [0.29, 0.717) is 12.8 Å². The SMILES string of the molecule is CCCC[C@@H]1C[C@@](CCN(C)CCCc2nc3ccccc3[nH]2)(OC(=O)COC)[C@@H](C(C)C)c2ccc(F)cc21. The van der Waals surface area contributed by atoms with Gasteiger partial charge in [0.1, 0.15) is 23.8 Å². The van der Waals surface area contributed by atoms with E-state index in [4.69, 9.17) is 14.5 Å². The molecule has 1 aromatic heterocycles. The van der Waals surface area contributed by atoms with Gasteiger partial charge in [-0.3, -0.25) is 0 Å². The Morgan fingerprint density at radius 2 is 1.98 bits per heavy atom. The number of hydrogen-bond donors (Lipinski definition) is 1. The minimum absolute atomic E-state index is 0.0225. The summed E-state index contributed by atoms with van der Waals surface area (Å²) >= 11 is 0. The number of methoxy groups -OCH3 is 1. The van der Waals surface area contributed by atoms with Gasteiger partial charge < -0.3 is 19.4 Å². The number of benzene rings is 2. The zero-order valence-electron chi connectivity index (χ0n) is 24.8. The molecule has 2 aromatic carbocycles. The van der Waals surface area contributed by atoms with Crippen LogP contribution in [-0.2, 0) is 20.7 Å². The molecule has 218 valence electrons. The lowest BCUT2D eigenvalue weighted by Gasteiger charge is -2.49. The van der Waals surface area contributed by atoms with Crippen LogP contribution in [0.25, 0.3) is 11.0 Å². The van der Waals surface area contributed by atoms with Crippen LogP contribution in [-0.4, -0.2) is 60.3 Å². The highest BCUT2D eigenvalue weighted by Gasteiger charge is 2.50. The van der Waals surface area contributed by atoms with Gasteiger partial charge in [-0.25, -0.2) is 14.2 Å². The maximum absolute atomic E-state index is 14.5. The first kappa shape index (κ1) is 30.2. The number of carbonyl (C=O) groups is 1. The molecule has 1 N–H and O–H groups in total. The lowest BCUT2D eigenvalue weighted by molar-refractivity contribution is -0.173. The number of esters is 1. The number of H-pyrrole nitrogens is 1. The first-order valence-electron chi connectivity index (χ1n) is 14.9. The highest BCUT2D eigenvalue weighted by molar-refractivity contribution is 5.74. The standard InChI is InChI=1S/C33H46FN3O3/c1-6-7-11-24-21-33(40-31(38)22-39-5,32(23(2)3)26-16-15-25(34)20-27(24)26)17-19-37(4)18-10-14-30-35-28-12-8-9-13-29(28)36-30/h8-9,12-13,15-16,20,23-24,32H,6-7,10-11,14,17-19,21-22H2,1-5H3,(H,35,36)/t24-,32+,33-/m1/s1. The predicted octanol–water partition coefficient (Wildman–Crippen LogP) is 7.00. The van der Waals surface area contributed by atoms with E-state index in [0.717, 1.165) is 73.2 Å². The van der Waals surface area contributed by atoms with Crippen LogP contribution >= 0.6 is 0 Å². The Morgan fingerprint density at radius 1 is 1.18 bits per heavy atom. The number of hydrogen-bond acceptors (Lipinski definition) is 5. The molecule has 0 bridgehead atoms. The number of para-hydroxylation sites is 2. The number of fused-ring (bicyclic) bond motifs is 2. The predicted molar refractivity (Wildman–Crippen MR) is 158 cm³/mol. The quantitative estimate of drug-likeness (QED) is 0.219. The zero-order chi connectivity index (χ0) is 28.7. The minimum Gasteiger partial charge on any atom is -0.457 e. The molecular weight excluding hydrogens is 505 g/mol.